The van der Waals surface area contributed by atoms with Crippen LogP contribution in [0.25, 0.3) is 0 Å². The van der Waals surface area contributed by atoms with E-state index in [0.717, 1.165) is 25.2 Å². The maximum Gasteiger partial charge on any atom is 0.290 e. The molecule has 118 valence electrons. The van der Waals surface area contributed by atoms with Gasteiger partial charge in [0.15, 0.2) is 0 Å². The summed E-state index contributed by atoms with van der Waals surface area (Å²) in [4.78, 5) is 21.9. The molecule has 3 heterocycles. The number of amides is 1. The quantitative estimate of drug-likeness (QED) is 0.892. The Kier molecular flexibility index (Phi) is 3.93. The SMILES string of the molecule is CC(C)n1ccnc1CN1CCC[C@H]1c1nc(C(N)=O)no1. The van der Waals surface area contributed by atoms with E-state index in [1.54, 1.807) is 0 Å². The summed E-state index contributed by atoms with van der Waals surface area (Å²) in [6, 6.07) is 0.376. The molecule has 0 saturated carbocycles. The first-order valence-electron chi connectivity index (χ1n) is 7.45. The summed E-state index contributed by atoms with van der Waals surface area (Å²) in [6.45, 7) is 5.90. The van der Waals surface area contributed by atoms with E-state index in [-0.39, 0.29) is 11.9 Å². The van der Waals surface area contributed by atoms with Gasteiger partial charge in [-0.25, -0.2) is 4.98 Å². The number of nitrogens with zero attached hydrogens (tertiary/aromatic N) is 5. The van der Waals surface area contributed by atoms with E-state index in [1.807, 2.05) is 12.4 Å². The van der Waals surface area contributed by atoms with Crippen molar-refractivity contribution in [3.05, 3.63) is 29.9 Å². The molecule has 0 spiro atoms. The first-order chi connectivity index (χ1) is 10.6. The molecule has 0 unspecified atom stereocenters. The zero-order valence-electron chi connectivity index (χ0n) is 12.8. The molecule has 2 aromatic rings. The highest BCUT2D eigenvalue weighted by molar-refractivity contribution is 5.88. The van der Waals surface area contributed by atoms with Crippen LogP contribution in [0.15, 0.2) is 16.9 Å². The van der Waals surface area contributed by atoms with Gasteiger partial charge < -0.3 is 14.8 Å². The Bertz CT molecular complexity index is 662. The molecule has 1 amide bonds. The van der Waals surface area contributed by atoms with E-state index in [2.05, 4.69) is 38.4 Å². The largest absolute Gasteiger partial charge is 0.363 e. The summed E-state index contributed by atoms with van der Waals surface area (Å²) in [5, 5.41) is 3.63. The normalized spacial score (nSPS) is 19.1. The molecule has 0 aromatic carbocycles. The highest BCUT2D eigenvalue weighted by Gasteiger charge is 2.32. The zero-order chi connectivity index (χ0) is 15.7. The molecule has 8 nitrogen and oxygen atoms in total. The highest BCUT2D eigenvalue weighted by atomic mass is 16.5. The van der Waals surface area contributed by atoms with Crippen LogP contribution in [0.5, 0.6) is 0 Å². The second-order valence-electron chi connectivity index (χ2n) is 5.79. The van der Waals surface area contributed by atoms with Gasteiger partial charge in [-0.05, 0) is 33.2 Å². The number of rotatable bonds is 5. The van der Waals surface area contributed by atoms with Crippen LogP contribution in [0, 0.1) is 0 Å². The number of nitrogens with two attached hydrogens (primary N) is 1. The Balaban J connectivity index is 1.78. The van der Waals surface area contributed by atoms with E-state index >= 15 is 0 Å². The molecule has 0 aliphatic carbocycles. The van der Waals surface area contributed by atoms with Crippen LogP contribution in [0.1, 0.15) is 61.1 Å². The molecular formula is C14H20N6O2. The molecule has 1 saturated heterocycles. The van der Waals surface area contributed by atoms with E-state index in [1.165, 1.54) is 0 Å². The van der Waals surface area contributed by atoms with Crippen LogP contribution in [0.3, 0.4) is 0 Å². The minimum absolute atomic E-state index is 0.0120. The fourth-order valence-electron chi connectivity index (χ4n) is 2.88. The Morgan fingerprint density at radius 1 is 1.55 bits per heavy atom. The van der Waals surface area contributed by atoms with Gasteiger partial charge in [0.1, 0.15) is 5.82 Å². The van der Waals surface area contributed by atoms with E-state index < -0.39 is 5.91 Å². The molecule has 8 heteroatoms. The number of carbonyl (C=O) groups excluding carboxylic acids is 1. The van der Waals surface area contributed by atoms with Crippen LogP contribution < -0.4 is 5.73 Å². The number of hydrogen-bond donors (Lipinski definition) is 1. The van der Waals surface area contributed by atoms with Crippen molar-refractivity contribution in [2.75, 3.05) is 6.54 Å². The van der Waals surface area contributed by atoms with Gasteiger partial charge in [0.25, 0.3) is 11.7 Å². The number of aromatic nitrogens is 4. The van der Waals surface area contributed by atoms with Crippen molar-refractivity contribution in [1.82, 2.24) is 24.6 Å². The van der Waals surface area contributed by atoms with Crippen molar-refractivity contribution in [2.24, 2.45) is 5.73 Å². The molecule has 2 aromatic heterocycles. The minimum atomic E-state index is -0.671. The van der Waals surface area contributed by atoms with Gasteiger partial charge in [-0.3, -0.25) is 9.69 Å². The Hall–Kier alpha value is -2.22. The summed E-state index contributed by atoms with van der Waals surface area (Å²) < 4.78 is 7.36. The molecule has 1 atom stereocenters. The van der Waals surface area contributed by atoms with Crippen molar-refractivity contribution in [3.8, 4) is 0 Å². The summed E-state index contributed by atoms with van der Waals surface area (Å²) in [6.07, 6.45) is 5.77. The highest BCUT2D eigenvalue weighted by Crippen LogP contribution is 2.32. The lowest BCUT2D eigenvalue weighted by Crippen LogP contribution is -2.25. The lowest BCUT2D eigenvalue weighted by atomic mass is 10.2. The van der Waals surface area contributed by atoms with E-state index in [4.69, 9.17) is 10.3 Å². The third-order valence-corrected chi connectivity index (χ3v) is 3.96. The second kappa shape index (κ2) is 5.88. The van der Waals surface area contributed by atoms with Gasteiger partial charge in [-0.2, -0.15) is 4.98 Å². The number of primary amides is 1. The molecule has 1 aliphatic heterocycles. The van der Waals surface area contributed by atoms with Crippen molar-refractivity contribution in [2.45, 2.75) is 45.3 Å². The Morgan fingerprint density at radius 3 is 3.05 bits per heavy atom. The zero-order valence-corrected chi connectivity index (χ0v) is 12.8. The first kappa shape index (κ1) is 14.7. The van der Waals surface area contributed by atoms with Crippen molar-refractivity contribution in [1.29, 1.82) is 0 Å². The van der Waals surface area contributed by atoms with Crippen molar-refractivity contribution >= 4 is 5.91 Å². The summed E-state index contributed by atoms with van der Waals surface area (Å²) in [5.41, 5.74) is 5.17. The Morgan fingerprint density at radius 2 is 2.36 bits per heavy atom. The van der Waals surface area contributed by atoms with Gasteiger partial charge in [-0.1, -0.05) is 5.16 Å². The predicted octanol–water partition coefficient (Wildman–Crippen LogP) is 1.28. The van der Waals surface area contributed by atoms with Gasteiger partial charge in [0.2, 0.25) is 5.89 Å². The van der Waals surface area contributed by atoms with Crippen LogP contribution in [0.4, 0.5) is 0 Å². The van der Waals surface area contributed by atoms with Gasteiger partial charge >= 0.3 is 0 Å². The van der Waals surface area contributed by atoms with Crippen LogP contribution in [0.2, 0.25) is 0 Å². The lowest BCUT2D eigenvalue weighted by Gasteiger charge is -2.22. The van der Waals surface area contributed by atoms with Gasteiger partial charge in [0.05, 0.1) is 12.6 Å². The molecule has 0 radical (unpaired) electrons. The van der Waals surface area contributed by atoms with Gasteiger partial charge in [-0.15, -0.1) is 0 Å². The second-order valence-corrected chi connectivity index (χ2v) is 5.79. The summed E-state index contributed by atoms with van der Waals surface area (Å²) >= 11 is 0. The molecule has 0 bridgehead atoms. The molecule has 1 fully saturated rings. The fourth-order valence-corrected chi connectivity index (χ4v) is 2.88. The molecular weight excluding hydrogens is 284 g/mol. The smallest absolute Gasteiger partial charge is 0.290 e. The lowest BCUT2D eigenvalue weighted by molar-refractivity contribution is 0.0987. The minimum Gasteiger partial charge on any atom is -0.363 e. The Labute approximate surface area is 128 Å². The van der Waals surface area contributed by atoms with Crippen LogP contribution >= 0.6 is 0 Å². The number of carbonyl (C=O) groups is 1. The number of hydrogen-bond acceptors (Lipinski definition) is 6. The predicted molar refractivity (Wildman–Crippen MR) is 77.8 cm³/mol. The molecule has 3 rings (SSSR count). The van der Waals surface area contributed by atoms with E-state index in [9.17, 15) is 4.79 Å². The average molecular weight is 304 g/mol. The van der Waals surface area contributed by atoms with Crippen molar-refractivity contribution in [3.63, 3.8) is 0 Å². The van der Waals surface area contributed by atoms with Crippen LogP contribution in [-0.2, 0) is 6.54 Å². The number of imidazole rings is 1. The third kappa shape index (κ3) is 2.74. The maximum absolute atomic E-state index is 11.1. The maximum atomic E-state index is 11.1. The third-order valence-electron chi connectivity index (χ3n) is 3.96. The number of likely N-dealkylation sites (tertiary alicyclic amines) is 1. The van der Waals surface area contributed by atoms with E-state index in [0.29, 0.717) is 18.5 Å². The first-order valence-corrected chi connectivity index (χ1v) is 7.45. The van der Waals surface area contributed by atoms with Crippen molar-refractivity contribution < 1.29 is 9.32 Å². The average Bonchev–Trinajstić information content (AvgIpc) is 3.17. The monoisotopic (exact) mass is 304 g/mol. The summed E-state index contributed by atoms with van der Waals surface area (Å²) in [5.74, 6) is 0.728. The summed E-state index contributed by atoms with van der Waals surface area (Å²) in [7, 11) is 0. The van der Waals surface area contributed by atoms with Crippen LogP contribution in [-0.4, -0.2) is 37.0 Å². The standard InChI is InChI=1S/C14H20N6O2/c1-9(2)20-7-5-16-11(20)8-19-6-3-4-10(19)14-17-13(12(15)21)18-22-14/h5,7,9-10H,3-4,6,8H2,1-2H3,(H2,15,21)/t10-/m0/s1. The van der Waals surface area contributed by atoms with Gasteiger partial charge in [0, 0.05) is 18.4 Å². The molecule has 1 aliphatic rings. The molecule has 2 N–H and O–H groups in total. The topological polar surface area (TPSA) is 103 Å². The molecule has 22 heavy (non-hydrogen) atoms. The fraction of sp³-hybridized carbons (Fsp3) is 0.571.